The summed E-state index contributed by atoms with van der Waals surface area (Å²) < 4.78 is 7.96. The summed E-state index contributed by atoms with van der Waals surface area (Å²) in [7, 11) is 0. The van der Waals surface area contributed by atoms with Crippen LogP contribution in [0.25, 0.3) is 0 Å². The van der Waals surface area contributed by atoms with Crippen LogP contribution >= 0.6 is 27.5 Å². The smallest absolute Gasteiger partial charge is 0.340 e. The highest BCUT2D eigenvalue weighted by molar-refractivity contribution is 9.10. The van der Waals surface area contributed by atoms with Crippen LogP contribution in [-0.4, -0.2) is 15.7 Å². The molecule has 0 aliphatic carbocycles. The van der Waals surface area contributed by atoms with Crippen LogP contribution < -0.4 is 5.73 Å². The standard InChI is InChI=1S/C14H15BrClN3O2/c1-3-19-12(13(15)8(2)18-19)7-21-14(20)10-5-4-9(16)6-11(10)17/h4-6H,3,7,17H2,1-2H3. The second-order valence-electron chi connectivity index (χ2n) is 4.47. The van der Waals surface area contributed by atoms with Gasteiger partial charge in [0.05, 0.1) is 21.4 Å². The second kappa shape index (κ2) is 6.49. The Labute approximate surface area is 136 Å². The zero-order valence-corrected chi connectivity index (χ0v) is 14.0. The number of benzene rings is 1. The van der Waals surface area contributed by atoms with E-state index in [1.165, 1.54) is 6.07 Å². The molecule has 7 heteroatoms. The summed E-state index contributed by atoms with van der Waals surface area (Å²) in [5.41, 5.74) is 8.04. The second-order valence-corrected chi connectivity index (χ2v) is 5.70. The van der Waals surface area contributed by atoms with Gasteiger partial charge < -0.3 is 10.5 Å². The van der Waals surface area contributed by atoms with Gasteiger partial charge in [-0.1, -0.05) is 11.6 Å². The topological polar surface area (TPSA) is 70.1 Å². The molecule has 2 aromatic rings. The van der Waals surface area contributed by atoms with Crippen LogP contribution in [0.3, 0.4) is 0 Å². The first-order chi connectivity index (χ1) is 9.93. The van der Waals surface area contributed by atoms with Gasteiger partial charge in [0.2, 0.25) is 0 Å². The summed E-state index contributed by atoms with van der Waals surface area (Å²) in [5, 5.41) is 4.82. The van der Waals surface area contributed by atoms with Crippen molar-refractivity contribution in [1.82, 2.24) is 9.78 Å². The van der Waals surface area contributed by atoms with Crippen molar-refractivity contribution < 1.29 is 9.53 Å². The SMILES string of the molecule is CCn1nc(C)c(Br)c1COC(=O)c1ccc(Cl)cc1N. The van der Waals surface area contributed by atoms with Crippen molar-refractivity contribution in [2.24, 2.45) is 0 Å². The van der Waals surface area contributed by atoms with Gasteiger partial charge in [0.15, 0.2) is 0 Å². The van der Waals surface area contributed by atoms with Gasteiger partial charge in [-0.2, -0.15) is 5.10 Å². The summed E-state index contributed by atoms with van der Waals surface area (Å²) in [4.78, 5) is 12.1. The lowest BCUT2D eigenvalue weighted by atomic mass is 10.2. The first-order valence-corrected chi connectivity index (χ1v) is 7.55. The lowest BCUT2D eigenvalue weighted by Gasteiger charge is -2.09. The molecule has 0 spiro atoms. The van der Waals surface area contributed by atoms with Gasteiger partial charge in [0, 0.05) is 17.3 Å². The third-order valence-corrected chi connectivity index (χ3v) is 4.29. The molecular formula is C14H15BrClN3O2. The van der Waals surface area contributed by atoms with E-state index in [9.17, 15) is 4.79 Å². The number of esters is 1. The number of ether oxygens (including phenoxy) is 1. The molecule has 0 bridgehead atoms. The molecule has 0 aliphatic heterocycles. The lowest BCUT2D eigenvalue weighted by Crippen LogP contribution is -2.11. The van der Waals surface area contributed by atoms with Gasteiger partial charge in [-0.25, -0.2) is 4.79 Å². The third-order valence-electron chi connectivity index (χ3n) is 3.03. The number of nitrogen functional groups attached to an aromatic ring is 1. The summed E-state index contributed by atoms with van der Waals surface area (Å²) >= 11 is 9.26. The number of nitrogens with two attached hydrogens (primary N) is 1. The van der Waals surface area contributed by atoms with Crippen LogP contribution in [0.2, 0.25) is 5.02 Å². The molecule has 5 nitrogen and oxygen atoms in total. The number of aromatic nitrogens is 2. The molecule has 21 heavy (non-hydrogen) atoms. The van der Waals surface area contributed by atoms with Crippen LogP contribution in [0.15, 0.2) is 22.7 Å². The minimum absolute atomic E-state index is 0.121. The number of halogens is 2. The number of aryl methyl sites for hydroxylation is 2. The fourth-order valence-electron chi connectivity index (χ4n) is 1.94. The van der Waals surface area contributed by atoms with E-state index in [4.69, 9.17) is 22.1 Å². The highest BCUT2D eigenvalue weighted by atomic mass is 79.9. The van der Waals surface area contributed by atoms with Gasteiger partial charge in [0.1, 0.15) is 6.61 Å². The van der Waals surface area contributed by atoms with Crippen LogP contribution in [0, 0.1) is 6.92 Å². The van der Waals surface area contributed by atoms with Gasteiger partial charge in [-0.3, -0.25) is 4.68 Å². The third kappa shape index (κ3) is 3.39. The molecular weight excluding hydrogens is 358 g/mol. The Bertz CT molecular complexity index is 685. The summed E-state index contributed by atoms with van der Waals surface area (Å²) in [5.74, 6) is -0.488. The maximum Gasteiger partial charge on any atom is 0.340 e. The van der Waals surface area contributed by atoms with Crippen molar-refractivity contribution in [1.29, 1.82) is 0 Å². The molecule has 0 unspecified atom stereocenters. The van der Waals surface area contributed by atoms with E-state index in [2.05, 4.69) is 21.0 Å². The van der Waals surface area contributed by atoms with Crippen molar-refractivity contribution in [3.63, 3.8) is 0 Å². The largest absolute Gasteiger partial charge is 0.455 e. The summed E-state index contributed by atoms with van der Waals surface area (Å²) in [6.45, 7) is 4.68. The first-order valence-electron chi connectivity index (χ1n) is 6.38. The highest BCUT2D eigenvalue weighted by Crippen LogP contribution is 2.23. The van der Waals surface area contributed by atoms with E-state index in [1.54, 1.807) is 16.8 Å². The van der Waals surface area contributed by atoms with Crippen LogP contribution in [-0.2, 0) is 17.9 Å². The molecule has 0 saturated heterocycles. The maximum atomic E-state index is 12.1. The number of carbonyl (C=O) groups is 1. The number of hydrogen-bond acceptors (Lipinski definition) is 4. The molecule has 0 fully saturated rings. The van der Waals surface area contributed by atoms with Gasteiger partial charge in [0.25, 0.3) is 0 Å². The fourth-order valence-corrected chi connectivity index (χ4v) is 2.52. The molecule has 0 saturated carbocycles. The summed E-state index contributed by atoms with van der Waals surface area (Å²) in [6, 6.07) is 4.68. The van der Waals surface area contributed by atoms with Gasteiger partial charge in [-0.15, -0.1) is 0 Å². The normalized spacial score (nSPS) is 10.7. The quantitative estimate of drug-likeness (QED) is 0.658. The Morgan fingerprint density at radius 2 is 2.24 bits per heavy atom. The molecule has 0 radical (unpaired) electrons. The molecule has 2 rings (SSSR count). The first kappa shape index (κ1) is 15.9. The zero-order valence-electron chi connectivity index (χ0n) is 11.7. The van der Waals surface area contributed by atoms with Crippen molar-refractivity contribution in [3.8, 4) is 0 Å². The average Bonchev–Trinajstić information content (AvgIpc) is 2.71. The number of hydrogen-bond donors (Lipinski definition) is 1. The monoisotopic (exact) mass is 371 g/mol. The number of carbonyl (C=O) groups excluding carboxylic acids is 1. The van der Waals surface area contributed by atoms with Crippen LogP contribution in [0.5, 0.6) is 0 Å². The predicted molar refractivity (Wildman–Crippen MR) is 85.3 cm³/mol. The van der Waals surface area contributed by atoms with E-state index in [1.807, 2.05) is 13.8 Å². The van der Waals surface area contributed by atoms with Gasteiger partial charge in [-0.05, 0) is 48.0 Å². The highest BCUT2D eigenvalue weighted by Gasteiger charge is 2.16. The molecule has 0 atom stereocenters. The minimum Gasteiger partial charge on any atom is -0.455 e. The van der Waals surface area contributed by atoms with Crippen molar-refractivity contribution >= 4 is 39.2 Å². The Morgan fingerprint density at radius 3 is 2.86 bits per heavy atom. The van der Waals surface area contributed by atoms with Crippen molar-refractivity contribution in [2.45, 2.75) is 27.0 Å². The molecule has 0 amide bonds. The number of rotatable bonds is 4. The molecule has 1 aromatic carbocycles. The molecule has 1 heterocycles. The summed E-state index contributed by atoms with van der Waals surface area (Å²) in [6.07, 6.45) is 0. The lowest BCUT2D eigenvalue weighted by molar-refractivity contribution is 0.0463. The number of anilines is 1. The Balaban J connectivity index is 2.14. The van der Waals surface area contributed by atoms with Crippen LogP contribution in [0.1, 0.15) is 28.7 Å². The minimum atomic E-state index is -0.488. The van der Waals surface area contributed by atoms with E-state index < -0.39 is 5.97 Å². The maximum absolute atomic E-state index is 12.1. The Morgan fingerprint density at radius 1 is 1.52 bits per heavy atom. The van der Waals surface area contributed by atoms with E-state index in [0.29, 0.717) is 22.8 Å². The predicted octanol–water partition coefficient (Wildman–Crippen LogP) is 3.57. The Hall–Kier alpha value is -1.53. The number of nitrogens with zero attached hydrogens (tertiary/aromatic N) is 2. The van der Waals surface area contributed by atoms with E-state index in [0.717, 1.165) is 15.9 Å². The fraction of sp³-hybridized carbons (Fsp3) is 0.286. The molecule has 1 aromatic heterocycles. The Kier molecular flexibility index (Phi) is 4.90. The molecule has 112 valence electrons. The van der Waals surface area contributed by atoms with Crippen molar-refractivity contribution in [3.05, 3.63) is 44.6 Å². The van der Waals surface area contributed by atoms with E-state index >= 15 is 0 Å². The average molecular weight is 373 g/mol. The van der Waals surface area contributed by atoms with E-state index in [-0.39, 0.29) is 6.61 Å². The zero-order chi connectivity index (χ0) is 15.6. The molecule has 2 N–H and O–H groups in total. The molecule has 0 aliphatic rings. The van der Waals surface area contributed by atoms with Gasteiger partial charge >= 0.3 is 5.97 Å². The van der Waals surface area contributed by atoms with Crippen molar-refractivity contribution in [2.75, 3.05) is 5.73 Å². The van der Waals surface area contributed by atoms with Crippen LogP contribution in [0.4, 0.5) is 5.69 Å².